The van der Waals surface area contributed by atoms with Gasteiger partial charge in [-0.2, -0.15) is 8.42 Å². The van der Waals surface area contributed by atoms with Crippen molar-refractivity contribution in [2.75, 3.05) is 5.32 Å². The van der Waals surface area contributed by atoms with Crippen molar-refractivity contribution >= 4 is 40.0 Å². The van der Waals surface area contributed by atoms with E-state index in [1.54, 1.807) is 84.9 Å². The van der Waals surface area contributed by atoms with Crippen molar-refractivity contribution in [3.05, 3.63) is 120 Å². The number of nitrogens with one attached hydrogen (secondary N) is 1. The van der Waals surface area contributed by atoms with Crippen molar-refractivity contribution in [3.63, 3.8) is 0 Å². The van der Waals surface area contributed by atoms with Gasteiger partial charge >= 0.3 is 12.1 Å². The van der Waals surface area contributed by atoms with Gasteiger partial charge in [-0.1, -0.05) is 78.9 Å². The number of esters is 1. The number of anilines is 1. The van der Waals surface area contributed by atoms with Crippen LogP contribution < -0.4 is 14.8 Å². The lowest BCUT2D eigenvalue weighted by atomic mass is 10.1. The van der Waals surface area contributed by atoms with Gasteiger partial charge in [0.05, 0.1) is 6.42 Å². The molecule has 0 spiro atoms. The van der Waals surface area contributed by atoms with E-state index in [2.05, 4.69) is 5.32 Å². The Kier molecular flexibility index (Phi) is 8.32. The van der Waals surface area contributed by atoms with Gasteiger partial charge in [-0.15, -0.1) is 0 Å². The van der Waals surface area contributed by atoms with Crippen molar-refractivity contribution < 1.29 is 32.0 Å². The zero-order valence-corrected chi connectivity index (χ0v) is 20.8. The van der Waals surface area contributed by atoms with Crippen LogP contribution in [0.1, 0.15) is 16.7 Å². The van der Waals surface area contributed by atoms with Gasteiger partial charge in [-0.25, -0.2) is 4.79 Å². The summed E-state index contributed by atoms with van der Waals surface area (Å²) in [5.41, 5.74) is 1.83. The Labute approximate surface area is 219 Å². The smallest absolute Gasteiger partial charge is 0.417 e. The maximum atomic E-state index is 12.1. The minimum absolute atomic E-state index is 0.0902. The summed E-state index contributed by atoms with van der Waals surface area (Å²) in [4.78, 5) is 23.9. The molecule has 0 saturated heterocycles. The van der Waals surface area contributed by atoms with Crippen LogP contribution in [0.25, 0.3) is 12.2 Å². The third-order valence-corrected chi connectivity index (χ3v) is 6.16. The molecule has 9 heteroatoms. The average Bonchev–Trinajstić information content (AvgIpc) is 2.89. The quantitative estimate of drug-likeness (QED) is 0.127. The summed E-state index contributed by atoms with van der Waals surface area (Å²) >= 11 is 0. The SMILES string of the molecule is O=C(Cc1ccc(/C=C/c2ccc(NC(=O)Oc3ccccc3)cc2S(=O)(=O)O)cc1)Oc1ccccc1. The van der Waals surface area contributed by atoms with Crippen molar-refractivity contribution in [3.8, 4) is 11.5 Å². The van der Waals surface area contributed by atoms with Gasteiger partial charge in [0.15, 0.2) is 0 Å². The van der Waals surface area contributed by atoms with Crippen LogP contribution >= 0.6 is 0 Å². The number of rotatable bonds is 8. The molecule has 0 aliphatic heterocycles. The molecule has 0 saturated carbocycles. The Morgan fingerprint density at radius 2 is 1.37 bits per heavy atom. The second-order valence-corrected chi connectivity index (χ2v) is 9.48. The number of hydrogen-bond donors (Lipinski definition) is 2. The molecule has 8 nitrogen and oxygen atoms in total. The Morgan fingerprint density at radius 3 is 1.97 bits per heavy atom. The topological polar surface area (TPSA) is 119 Å². The molecule has 0 aromatic heterocycles. The first-order valence-electron chi connectivity index (χ1n) is 11.4. The third kappa shape index (κ3) is 7.63. The summed E-state index contributed by atoms with van der Waals surface area (Å²) in [5.74, 6) is 0.401. The lowest BCUT2D eigenvalue weighted by Gasteiger charge is -2.09. The van der Waals surface area contributed by atoms with E-state index >= 15 is 0 Å². The zero-order chi connectivity index (χ0) is 27.0. The lowest BCUT2D eigenvalue weighted by molar-refractivity contribution is -0.133. The summed E-state index contributed by atoms with van der Waals surface area (Å²) in [7, 11) is -4.60. The van der Waals surface area contributed by atoms with Gasteiger partial charge < -0.3 is 9.47 Å². The van der Waals surface area contributed by atoms with Crippen LogP contribution in [0.4, 0.5) is 10.5 Å². The summed E-state index contributed by atoms with van der Waals surface area (Å²) in [6.07, 6.45) is 2.46. The summed E-state index contributed by atoms with van der Waals surface area (Å²) in [5, 5.41) is 2.44. The Hall–Kier alpha value is -4.73. The fraction of sp³-hybridized carbons (Fsp3) is 0.0345. The first kappa shape index (κ1) is 26.3. The molecule has 0 fully saturated rings. The van der Waals surface area contributed by atoms with E-state index in [1.165, 1.54) is 18.2 Å². The fourth-order valence-corrected chi connectivity index (χ4v) is 4.18. The molecule has 0 atom stereocenters. The summed E-state index contributed by atoms with van der Waals surface area (Å²) < 4.78 is 44.2. The largest absolute Gasteiger partial charge is 0.426 e. The highest BCUT2D eigenvalue weighted by atomic mass is 32.2. The predicted octanol–water partition coefficient (Wildman–Crippen LogP) is 5.86. The molecule has 0 unspecified atom stereocenters. The monoisotopic (exact) mass is 529 g/mol. The van der Waals surface area contributed by atoms with E-state index in [0.29, 0.717) is 11.5 Å². The minimum Gasteiger partial charge on any atom is -0.426 e. The van der Waals surface area contributed by atoms with Gasteiger partial charge in [-0.05, 0) is 53.1 Å². The van der Waals surface area contributed by atoms with E-state index in [4.69, 9.17) is 9.47 Å². The minimum atomic E-state index is -4.60. The molecule has 38 heavy (non-hydrogen) atoms. The van der Waals surface area contributed by atoms with Crippen molar-refractivity contribution in [1.29, 1.82) is 0 Å². The number of amides is 1. The highest BCUT2D eigenvalue weighted by molar-refractivity contribution is 7.86. The Morgan fingerprint density at radius 1 is 0.763 bits per heavy atom. The zero-order valence-electron chi connectivity index (χ0n) is 20.0. The van der Waals surface area contributed by atoms with E-state index < -0.39 is 22.2 Å². The van der Waals surface area contributed by atoms with Gasteiger partial charge in [0, 0.05) is 5.69 Å². The molecule has 0 radical (unpaired) electrons. The van der Waals surface area contributed by atoms with Crippen LogP contribution in [0, 0.1) is 0 Å². The summed E-state index contributed by atoms with van der Waals surface area (Å²) in [6, 6.07) is 28.3. The van der Waals surface area contributed by atoms with Crippen LogP contribution in [-0.2, 0) is 21.3 Å². The molecule has 0 bridgehead atoms. The van der Waals surface area contributed by atoms with Gasteiger partial charge in [0.2, 0.25) is 0 Å². The molecule has 2 N–H and O–H groups in total. The molecule has 0 aliphatic rings. The number of carbonyl (C=O) groups is 2. The molecule has 1 amide bonds. The number of hydrogen-bond acceptors (Lipinski definition) is 6. The van der Waals surface area contributed by atoms with E-state index in [9.17, 15) is 22.6 Å². The molecule has 0 aliphatic carbocycles. The fourth-order valence-electron chi connectivity index (χ4n) is 3.47. The standard InChI is InChI=1S/C29H23NO7S/c31-28(36-25-7-3-1-4-8-25)19-22-13-11-21(12-14-22)15-16-23-17-18-24(20-27(23)38(33,34)35)30-29(32)37-26-9-5-2-6-10-26/h1-18,20H,19H2,(H,30,32)(H,33,34,35)/b16-15+. The molecule has 4 rings (SSSR count). The molecule has 0 heterocycles. The number of para-hydroxylation sites is 2. The molecular formula is C29H23NO7S. The number of ether oxygens (including phenoxy) is 2. The van der Waals surface area contributed by atoms with E-state index in [0.717, 1.165) is 17.2 Å². The van der Waals surface area contributed by atoms with Crippen molar-refractivity contribution in [2.24, 2.45) is 0 Å². The Bertz CT molecular complexity index is 1550. The predicted molar refractivity (Wildman–Crippen MR) is 143 cm³/mol. The van der Waals surface area contributed by atoms with Gasteiger partial charge in [-0.3, -0.25) is 14.7 Å². The summed E-state index contributed by atoms with van der Waals surface area (Å²) in [6.45, 7) is 0. The average molecular weight is 530 g/mol. The second-order valence-electron chi connectivity index (χ2n) is 8.09. The van der Waals surface area contributed by atoms with Gasteiger partial charge in [0.1, 0.15) is 16.4 Å². The first-order chi connectivity index (χ1) is 18.3. The Balaban J connectivity index is 1.42. The van der Waals surface area contributed by atoms with E-state index in [1.807, 2.05) is 6.07 Å². The highest BCUT2D eigenvalue weighted by Crippen LogP contribution is 2.24. The second kappa shape index (κ2) is 12.0. The number of carbonyl (C=O) groups excluding carboxylic acids is 2. The molecule has 4 aromatic rings. The molecular weight excluding hydrogens is 506 g/mol. The number of benzene rings is 4. The van der Waals surface area contributed by atoms with Crippen LogP contribution in [0.5, 0.6) is 11.5 Å². The van der Waals surface area contributed by atoms with Crippen LogP contribution in [0.2, 0.25) is 0 Å². The van der Waals surface area contributed by atoms with Crippen LogP contribution in [-0.4, -0.2) is 25.0 Å². The highest BCUT2D eigenvalue weighted by Gasteiger charge is 2.16. The third-order valence-electron chi connectivity index (χ3n) is 5.25. The lowest BCUT2D eigenvalue weighted by Crippen LogP contribution is -2.17. The molecule has 4 aromatic carbocycles. The normalized spacial score (nSPS) is 11.2. The maximum Gasteiger partial charge on any atom is 0.417 e. The van der Waals surface area contributed by atoms with Gasteiger partial charge in [0.25, 0.3) is 10.1 Å². The van der Waals surface area contributed by atoms with E-state index in [-0.39, 0.29) is 22.6 Å². The maximum absolute atomic E-state index is 12.1. The van der Waals surface area contributed by atoms with Crippen LogP contribution in [0.3, 0.4) is 0 Å². The first-order valence-corrected chi connectivity index (χ1v) is 12.9. The molecule has 192 valence electrons. The van der Waals surface area contributed by atoms with Crippen molar-refractivity contribution in [2.45, 2.75) is 11.3 Å². The van der Waals surface area contributed by atoms with Crippen molar-refractivity contribution in [1.82, 2.24) is 0 Å². The van der Waals surface area contributed by atoms with Crippen LogP contribution in [0.15, 0.2) is 108 Å².